The highest BCUT2D eigenvalue weighted by Crippen LogP contribution is 2.31. The molecule has 1 aliphatic heterocycles. The van der Waals surface area contributed by atoms with Gasteiger partial charge in [-0.05, 0) is 24.0 Å². The molecule has 102 valence electrons. The van der Waals surface area contributed by atoms with Crippen molar-refractivity contribution in [1.82, 2.24) is 5.32 Å². The van der Waals surface area contributed by atoms with Gasteiger partial charge in [0.2, 0.25) is 11.8 Å². The van der Waals surface area contributed by atoms with Crippen LogP contribution >= 0.6 is 0 Å². The SMILES string of the molecule is CC(C)CCNC(=O)[C@H]1CC(=O)Nc2ccccc21. The van der Waals surface area contributed by atoms with Crippen molar-refractivity contribution in [3.05, 3.63) is 29.8 Å². The van der Waals surface area contributed by atoms with E-state index < -0.39 is 0 Å². The Bertz CT molecular complexity index is 483. The Morgan fingerprint density at radius 1 is 1.42 bits per heavy atom. The van der Waals surface area contributed by atoms with Crippen molar-refractivity contribution < 1.29 is 9.59 Å². The van der Waals surface area contributed by atoms with Crippen LogP contribution in [0.3, 0.4) is 0 Å². The second kappa shape index (κ2) is 5.87. The van der Waals surface area contributed by atoms with Crippen LogP contribution in [0.25, 0.3) is 0 Å². The summed E-state index contributed by atoms with van der Waals surface area (Å²) in [5.41, 5.74) is 1.66. The predicted molar refractivity (Wildman–Crippen MR) is 74.9 cm³/mol. The van der Waals surface area contributed by atoms with Crippen molar-refractivity contribution in [2.24, 2.45) is 5.92 Å². The first-order valence-electron chi connectivity index (χ1n) is 6.74. The fourth-order valence-corrected chi connectivity index (χ4v) is 2.25. The van der Waals surface area contributed by atoms with E-state index in [2.05, 4.69) is 24.5 Å². The highest BCUT2D eigenvalue weighted by molar-refractivity contribution is 6.01. The fourth-order valence-electron chi connectivity index (χ4n) is 2.25. The van der Waals surface area contributed by atoms with Crippen LogP contribution < -0.4 is 10.6 Å². The molecule has 1 aromatic carbocycles. The summed E-state index contributed by atoms with van der Waals surface area (Å²) >= 11 is 0. The molecule has 2 rings (SSSR count). The Kier molecular flexibility index (Phi) is 4.20. The lowest BCUT2D eigenvalue weighted by Crippen LogP contribution is -2.35. The zero-order chi connectivity index (χ0) is 13.8. The summed E-state index contributed by atoms with van der Waals surface area (Å²) in [5.74, 6) is 0.0463. The summed E-state index contributed by atoms with van der Waals surface area (Å²) in [7, 11) is 0. The number of para-hydroxylation sites is 1. The second-order valence-electron chi connectivity index (χ2n) is 5.37. The molecule has 0 aliphatic carbocycles. The normalized spacial score (nSPS) is 17.8. The van der Waals surface area contributed by atoms with E-state index in [-0.39, 0.29) is 24.2 Å². The molecule has 0 fully saturated rings. The molecule has 0 bridgehead atoms. The third-order valence-corrected chi connectivity index (χ3v) is 3.34. The monoisotopic (exact) mass is 260 g/mol. The van der Waals surface area contributed by atoms with Gasteiger partial charge in [-0.1, -0.05) is 32.0 Å². The Hall–Kier alpha value is -1.84. The lowest BCUT2D eigenvalue weighted by atomic mass is 9.90. The number of nitrogens with one attached hydrogen (secondary N) is 2. The summed E-state index contributed by atoms with van der Waals surface area (Å²) in [6, 6.07) is 7.49. The summed E-state index contributed by atoms with van der Waals surface area (Å²) in [5, 5.41) is 5.73. The van der Waals surface area contributed by atoms with E-state index in [1.54, 1.807) is 0 Å². The molecule has 4 heteroatoms. The van der Waals surface area contributed by atoms with Crippen LogP contribution in [-0.2, 0) is 9.59 Å². The van der Waals surface area contributed by atoms with E-state index >= 15 is 0 Å². The van der Waals surface area contributed by atoms with Crippen molar-refractivity contribution in [1.29, 1.82) is 0 Å². The predicted octanol–water partition coefficient (Wildman–Crippen LogP) is 2.27. The van der Waals surface area contributed by atoms with Crippen molar-refractivity contribution in [2.45, 2.75) is 32.6 Å². The molecule has 0 radical (unpaired) electrons. The van der Waals surface area contributed by atoms with Crippen LogP contribution in [0.5, 0.6) is 0 Å². The minimum atomic E-state index is -0.364. The van der Waals surface area contributed by atoms with Gasteiger partial charge in [0.15, 0.2) is 0 Å². The maximum atomic E-state index is 12.2. The lowest BCUT2D eigenvalue weighted by Gasteiger charge is -2.24. The van der Waals surface area contributed by atoms with Crippen LogP contribution in [0.1, 0.15) is 38.2 Å². The molecule has 1 aliphatic rings. The van der Waals surface area contributed by atoms with Crippen molar-refractivity contribution in [3.8, 4) is 0 Å². The quantitative estimate of drug-likeness (QED) is 0.872. The Morgan fingerprint density at radius 2 is 2.16 bits per heavy atom. The minimum absolute atomic E-state index is 0.0528. The first kappa shape index (κ1) is 13.6. The number of carbonyl (C=O) groups is 2. The summed E-state index contributed by atoms with van der Waals surface area (Å²) < 4.78 is 0. The van der Waals surface area contributed by atoms with Gasteiger partial charge in [-0.25, -0.2) is 0 Å². The lowest BCUT2D eigenvalue weighted by molar-refractivity contribution is -0.126. The Labute approximate surface area is 113 Å². The Morgan fingerprint density at radius 3 is 2.89 bits per heavy atom. The van der Waals surface area contributed by atoms with E-state index in [0.29, 0.717) is 12.5 Å². The number of benzene rings is 1. The molecule has 19 heavy (non-hydrogen) atoms. The van der Waals surface area contributed by atoms with Gasteiger partial charge in [0, 0.05) is 18.7 Å². The van der Waals surface area contributed by atoms with Crippen molar-refractivity contribution in [2.75, 3.05) is 11.9 Å². The van der Waals surface area contributed by atoms with Gasteiger partial charge in [0.05, 0.1) is 5.92 Å². The van der Waals surface area contributed by atoms with Crippen LogP contribution in [0, 0.1) is 5.92 Å². The largest absolute Gasteiger partial charge is 0.356 e. The summed E-state index contributed by atoms with van der Waals surface area (Å²) in [6.07, 6.45) is 1.18. The molecule has 2 amide bonds. The number of carbonyl (C=O) groups excluding carboxylic acids is 2. The molecule has 0 saturated carbocycles. The number of anilines is 1. The molecule has 0 spiro atoms. The molecule has 0 aromatic heterocycles. The molecular formula is C15H20N2O2. The fraction of sp³-hybridized carbons (Fsp3) is 0.467. The number of amides is 2. The number of hydrogen-bond donors (Lipinski definition) is 2. The second-order valence-corrected chi connectivity index (χ2v) is 5.37. The molecule has 1 heterocycles. The maximum absolute atomic E-state index is 12.2. The third-order valence-electron chi connectivity index (χ3n) is 3.34. The van der Waals surface area contributed by atoms with Gasteiger partial charge < -0.3 is 10.6 Å². The van der Waals surface area contributed by atoms with E-state index in [1.165, 1.54) is 0 Å². The van der Waals surface area contributed by atoms with Gasteiger partial charge in [-0.2, -0.15) is 0 Å². The summed E-state index contributed by atoms with van der Waals surface area (Å²) in [4.78, 5) is 23.8. The first-order chi connectivity index (χ1) is 9.08. The topological polar surface area (TPSA) is 58.2 Å². The molecule has 2 N–H and O–H groups in total. The smallest absolute Gasteiger partial charge is 0.228 e. The standard InChI is InChI=1S/C15H20N2O2/c1-10(2)7-8-16-15(19)12-9-14(18)17-13-6-4-3-5-11(12)13/h3-6,10,12H,7-9H2,1-2H3,(H,16,19)(H,17,18)/t12-/m0/s1. The molecule has 0 unspecified atom stereocenters. The van der Waals surface area contributed by atoms with E-state index in [0.717, 1.165) is 17.7 Å². The zero-order valence-corrected chi connectivity index (χ0v) is 11.4. The van der Waals surface area contributed by atoms with E-state index in [9.17, 15) is 9.59 Å². The van der Waals surface area contributed by atoms with Gasteiger partial charge in [-0.3, -0.25) is 9.59 Å². The average Bonchev–Trinajstić information content (AvgIpc) is 2.37. The van der Waals surface area contributed by atoms with E-state index in [4.69, 9.17) is 0 Å². The first-order valence-corrected chi connectivity index (χ1v) is 6.74. The van der Waals surface area contributed by atoms with Crippen LogP contribution in [0.2, 0.25) is 0 Å². The highest BCUT2D eigenvalue weighted by Gasteiger charge is 2.29. The molecule has 0 saturated heterocycles. The third kappa shape index (κ3) is 3.34. The maximum Gasteiger partial charge on any atom is 0.228 e. The van der Waals surface area contributed by atoms with Crippen LogP contribution in [-0.4, -0.2) is 18.4 Å². The van der Waals surface area contributed by atoms with E-state index in [1.807, 2.05) is 24.3 Å². The van der Waals surface area contributed by atoms with Gasteiger partial charge >= 0.3 is 0 Å². The van der Waals surface area contributed by atoms with Crippen LogP contribution in [0.4, 0.5) is 5.69 Å². The van der Waals surface area contributed by atoms with Gasteiger partial charge in [0.1, 0.15) is 0 Å². The average molecular weight is 260 g/mol. The molecule has 1 aromatic rings. The Balaban J connectivity index is 2.07. The minimum Gasteiger partial charge on any atom is -0.356 e. The number of hydrogen-bond acceptors (Lipinski definition) is 2. The summed E-state index contributed by atoms with van der Waals surface area (Å²) in [6.45, 7) is 4.90. The van der Waals surface area contributed by atoms with Gasteiger partial charge in [0.25, 0.3) is 0 Å². The highest BCUT2D eigenvalue weighted by atomic mass is 16.2. The zero-order valence-electron chi connectivity index (χ0n) is 11.4. The molecular weight excluding hydrogens is 240 g/mol. The van der Waals surface area contributed by atoms with Crippen LogP contribution in [0.15, 0.2) is 24.3 Å². The molecule has 4 nitrogen and oxygen atoms in total. The van der Waals surface area contributed by atoms with Crippen molar-refractivity contribution >= 4 is 17.5 Å². The number of fused-ring (bicyclic) bond motifs is 1. The van der Waals surface area contributed by atoms with Crippen molar-refractivity contribution in [3.63, 3.8) is 0 Å². The number of rotatable bonds is 4. The molecule has 1 atom stereocenters. The van der Waals surface area contributed by atoms with Gasteiger partial charge in [-0.15, -0.1) is 0 Å².